The predicted octanol–water partition coefficient (Wildman–Crippen LogP) is 5.81. The van der Waals surface area contributed by atoms with Gasteiger partial charge in [0.25, 0.3) is 8.32 Å². The quantitative estimate of drug-likeness (QED) is 0.441. The van der Waals surface area contributed by atoms with Crippen LogP contribution in [0, 0.1) is 0 Å². The van der Waals surface area contributed by atoms with E-state index in [1.165, 1.54) is 10.4 Å². The van der Waals surface area contributed by atoms with Crippen LogP contribution in [0.4, 0.5) is 0 Å². The molecule has 0 bridgehead atoms. The number of hydrogen-bond donors (Lipinski definition) is 1. The van der Waals surface area contributed by atoms with Gasteiger partial charge in [0.1, 0.15) is 0 Å². The minimum absolute atomic E-state index is 0.0636. The Morgan fingerprint density at radius 1 is 0.903 bits per heavy atom. The second-order valence-corrected chi connectivity index (χ2v) is 13.6. The molecule has 0 saturated carbocycles. The molecule has 0 aromatic heterocycles. The highest BCUT2D eigenvalue weighted by atomic mass is 35.5. The molecule has 1 N–H and O–H groups in total. The van der Waals surface area contributed by atoms with Gasteiger partial charge in [-0.2, -0.15) is 0 Å². The fourth-order valence-corrected chi connectivity index (χ4v) is 9.25. The number of rotatable bonds is 7. The van der Waals surface area contributed by atoms with Crippen LogP contribution in [0.25, 0.3) is 0 Å². The second-order valence-electron chi connectivity index (χ2n) is 8.46. The molecule has 0 heterocycles. The van der Waals surface area contributed by atoms with Crippen LogP contribution < -0.4 is 10.4 Å². The van der Waals surface area contributed by atoms with Gasteiger partial charge >= 0.3 is 5.97 Å². The van der Waals surface area contributed by atoms with Crippen molar-refractivity contribution < 1.29 is 14.3 Å². The molecule has 3 nitrogen and oxygen atoms in total. The van der Waals surface area contributed by atoms with Crippen LogP contribution in [-0.4, -0.2) is 26.0 Å². The van der Waals surface area contributed by atoms with E-state index in [9.17, 15) is 9.90 Å². The molecule has 0 spiro atoms. The molecule has 0 saturated heterocycles. The van der Waals surface area contributed by atoms with Crippen molar-refractivity contribution in [2.45, 2.75) is 32.2 Å². The van der Waals surface area contributed by atoms with Crippen LogP contribution >= 0.6 is 23.2 Å². The first-order valence-corrected chi connectivity index (χ1v) is 12.8. The fraction of sp³-hybridized carbons (Fsp3) is 0.240. The Bertz CT molecular complexity index is 1010. The molecule has 6 heteroatoms. The third-order valence-corrected chi connectivity index (χ3v) is 11.3. The lowest BCUT2D eigenvalue weighted by atomic mass is 10.1. The van der Waals surface area contributed by atoms with E-state index in [1.807, 2.05) is 36.4 Å². The van der Waals surface area contributed by atoms with E-state index < -0.39 is 14.3 Å². The summed E-state index contributed by atoms with van der Waals surface area (Å²) in [4.78, 5) is 11.5. The molecule has 162 valence electrons. The number of carboxylic acid groups (broad SMARTS) is 1. The minimum Gasteiger partial charge on any atom is -0.478 e. The highest BCUT2D eigenvalue weighted by molar-refractivity contribution is 6.99. The zero-order valence-electron chi connectivity index (χ0n) is 17.9. The number of carboxylic acids is 1. The van der Waals surface area contributed by atoms with Gasteiger partial charge in [0.15, 0.2) is 0 Å². The summed E-state index contributed by atoms with van der Waals surface area (Å²) >= 11 is 12.4. The maximum Gasteiger partial charge on any atom is 0.338 e. The van der Waals surface area contributed by atoms with Crippen molar-refractivity contribution in [3.63, 3.8) is 0 Å². The van der Waals surface area contributed by atoms with Crippen molar-refractivity contribution in [3.8, 4) is 0 Å². The molecule has 0 aliphatic carbocycles. The van der Waals surface area contributed by atoms with Crippen molar-refractivity contribution >= 4 is 47.9 Å². The molecule has 3 aromatic rings. The SMILES string of the molecule is CC(C)(C)[Si](OCCc1ccc(Cl)c(C(=O)O)c1Cl)(c1ccccc1)c1ccccc1. The molecule has 0 atom stereocenters. The first kappa shape index (κ1) is 23.5. The lowest BCUT2D eigenvalue weighted by Crippen LogP contribution is -2.66. The first-order chi connectivity index (χ1) is 14.7. The number of benzene rings is 3. The molecule has 0 radical (unpaired) electrons. The van der Waals surface area contributed by atoms with Crippen LogP contribution in [0.3, 0.4) is 0 Å². The number of hydrogen-bond acceptors (Lipinski definition) is 2. The van der Waals surface area contributed by atoms with Crippen LogP contribution in [0.15, 0.2) is 72.8 Å². The maximum atomic E-state index is 11.5. The molecule has 0 unspecified atom stereocenters. The third kappa shape index (κ3) is 4.73. The van der Waals surface area contributed by atoms with Gasteiger partial charge < -0.3 is 9.53 Å². The first-order valence-electron chi connectivity index (χ1n) is 10.1. The zero-order valence-corrected chi connectivity index (χ0v) is 20.4. The Morgan fingerprint density at radius 2 is 1.42 bits per heavy atom. The topological polar surface area (TPSA) is 46.5 Å². The van der Waals surface area contributed by atoms with E-state index >= 15 is 0 Å². The van der Waals surface area contributed by atoms with E-state index in [1.54, 1.807) is 12.1 Å². The fourth-order valence-electron chi connectivity index (χ4n) is 4.06. The highest BCUT2D eigenvalue weighted by Crippen LogP contribution is 2.37. The molecular formula is C25H26Cl2O3Si. The Morgan fingerprint density at radius 3 is 1.87 bits per heavy atom. The van der Waals surface area contributed by atoms with Crippen LogP contribution in [-0.2, 0) is 10.8 Å². The summed E-state index contributed by atoms with van der Waals surface area (Å²) < 4.78 is 6.86. The molecule has 0 amide bonds. The molecule has 3 rings (SSSR count). The van der Waals surface area contributed by atoms with E-state index in [0.717, 1.165) is 0 Å². The largest absolute Gasteiger partial charge is 0.478 e. The molecule has 3 aromatic carbocycles. The Kier molecular flexibility index (Phi) is 7.27. The summed E-state index contributed by atoms with van der Waals surface area (Å²) in [5.74, 6) is -1.13. The van der Waals surface area contributed by atoms with Crippen molar-refractivity contribution in [3.05, 3.63) is 94.0 Å². The van der Waals surface area contributed by atoms with Gasteiger partial charge in [-0.25, -0.2) is 4.79 Å². The third-order valence-electron chi connectivity index (χ3n) is 5.49. The smallest absolute Gasteiger partial charge is 0.338 e. The van der Waals surface area contributed by atoms with E-state index in [4.69, 9.17) is 27.6 Å². The lowest BCUT2D eigenvalue weighted by molar-refractivity contribution is 0.0697. The molecule has 31 heavy (non-hydrogen) atoms. The van der Waals surface area contributed by atoms with Crippen molar-refractivity contribution in [2.24, 2.45) is 0 Å². The summed E-state index contributed by atoms with van der Waals surface area (Å²) in [5.41, 5.74) is 0.646. The molecule has 0 fully saturated rings. The van der Waals surface area contributed by atoms with E-state index in [-0.39, 0.29) is 20.6 Å². The highest BCUT2D eigenvalue weighted by Gasteiger charge is 2.50. The molecule has 0 aliphatic heterocycles. The van der Waals surface area contributed by atoms with Gasteiger partial charge in [0, 0.05) is 6.61 Å². The van der Waals surface area contributed by atoms with E-state index in [2.05, 4.69) is 45.0 Å². The van der Waals surface area contributed by atoms with Crippen molar-refractivity contribution in [1.29, 1.82) is 0 Å². The number of aromatic carboxylic acids is 1. The number of halogens is 2. The molecular weight excluding hydrogens is 447 g/mol. The minimum atomic E-state index is -2.65. The van der Waals surface area contributed by atoms with Gasteiger partial charge in [0.05, 0.1) is 15.6 Å². The van der Waals surface area contributed by atoms with Gasteiger partial charge in [-0.15, -0.1) is 0 Å². The lowest BCUT2D eigenvalue weighted by Gasteiger charge is -2.43. The van der Waals surface area contributed by atoms with Crippen LogP contribution in [0.1, 0.15) is 36.7 Å². The monoisotopic (exact) mass is 472 g/mol. The summed E-state index contributed by atoms with van der Waals surface area (Å²) in [5, 5.41) is 12.0. The standard InChI is InChI=1S/C25H26Cl2O3Si/c1-25(2,3)31(19-10-6-4-7-11-19,20-12-8-5-9-13-20)30-17-16-18-14-15-21(26)22(23(18)27)24(28)29/h4-15H,16-17H2,1-3H3,(H,28,29). The summed E-state index contributed by atoms with van der Waals surface area (Å²) in [6.45, 7) is 7.07. The molecule has 0 aliphatic rings. The van der Waals surface area contributed by atoms with Crippen LogP contribution in [0.5, 0.6) is 0 Å². The summed E-state index contributed by atoms with van der Waals surface area (Å²) in [6.07, 6.45) is 0.487. The average molecular weight is 473 g/mol. The normalized spacial score (nSPS) is 12.0. The summed E-state index contributed by atoms with van der Waals surface area (Å²) in [7, 11) is -2.65. The Hall–Kier alpha value is -2.11. The zero-order chi connectivity index (χ0) is 22.6. The van der Waals surface area contributed by atoms with E-state index in [0.29, 0.717) is 18.6 Å². The van der Waals surface area contributed by atoms with Gasteiger partial charge in [0.2, 0.25) is 0 Å². The van der Waals surface area contributed by atoms with Gasteiger partial charge in [-0.3, -0.25) is 0 Å². The Labute approximate surface area is 194 Å². The summed E-state index contributed by atoms with van der Waals surface area (Å²) in [6, 6.07) is 24.1. The van der Waals surface area contributed by atoms with Crippen LogP contribution in [0.2, 0.25) is 15.1 Å². The van der Waals surface area contributed by atoms with Crippen molar-refractivity contribution in [1.82, 2.24) is 0 Å². The van der Waals surface area contributed by atoms with Gasteiger partial charge in [-0.1, -0.05) is 111 Å². The Balaban J connectivity index is 2.00. The van der Waals surface area contributed by atoms with Crippen molar-refractivity contribution in [2.75, 3.05) is 6.61 Å². The second kappa shape index (κ2) is 9.57. The predicted molar refractivity (Wildman–Crippen MR) is 131 cm³/mol. The number of carbonyl (C=O) groups is 1. The maximum absolute atomic E-state index is 11.5. The van der Waals surface area contributed by atoms with Gasteiger partial charge in [-0.05, 0) is 33.5 Å². The average Bonchev–Trinajstić information content (AvgIpc) is 2.73.